The van der Waals surface area contributed by atoms with Crippen LogP contribution < -0.4 is 5.73 Å². The molecule has 0 aliphatic rings. The van der Waals surface area contributed by atoms with Crippen LogP contribution in [-0.2, 0) is 6.42 Å². The zero-order valence-electron chi connectivity index (χ0n) is 8.94. The Balaban J connectivity index is 2.02. The first-order valence-corrected chi connectivity index (χ1v) is 5.33. The Bertz CT molecular complexity index is 434. The lowest BCUT2D eigenvalue weighted by atomic mass is 10.1. The second kappa shape index (κ2) is 4.45. The molecule has 15 heavy (non-hydrogen) atoms. The van der Waals surface area contributed by atoms with E-state index in [0.29, 0.717) is 6.04 Å². The minimum atomic E-state index is 0.291. The Kier molecular flexibility index (Phi) is 3.02. The Morgan fingerprint density at radius 2 is 2.33 bits per heavy atom. The Hall–Kier alpha value is -1.35. The molecule has 0 amide bonds. The molecule has 2 aromatic rings. The highest BCUT2D eigenvalue weighted by molar-refractivity contribution is 5.72. The summed E-state index contributed by atoms with van der Waals surface area (Å²) in [7, 11) is 0. The minimum absolute atomic E-state index is 0.291. The maximum Gasteiger partial charge on any atom is 0.181 e. The van der Waals surface area contributed by atoms with Gasteiger partial charge in [-0.2, -0.15) is 0 Å². The maximum absolute atomic E-state index is 5.70. The van der Waals surface area contributed by atoms with E-state index < -0.39 is 0 Å². The van der Waals surface area contributed by atoms with Crippen molar-refractivity contribution in [2.75, 3.05) is 0 Å². The lowest BCUT2D eigenvalue weighted by Gasteiger charge is -2.04. The lowest BCUT2D eigenvalue weighted by Crippen LogP contribution is -2.14. The van der Waals surface area contributed by atoms with Crippen molar-refractivity contribution in [3.63, 3.8) is 0 Å². The topological polar surface area (TPSA) is 52.0 Å². The van der Waals surface area contributed by atoms with Gasteiger partial charge in [0.2, 0.25) is 0 Å². The number of rotatable bonds is 4. The van der Waals surface area contributed by atoms with Gasteiger partial charge in [-0.05, 0) is 43.9 Å². The van der Waals surface area contributed by atoms with Crippen LogP contribution in [0.1, 0.15) is 25.3 Å². The molecule has 1 heterocycles. The highest BCUT2D eigenvalue weighted by Gasteiger charge is 2.01. The molecule has 1 atom stereocenters. The number of hydrogen-bond acceptors (Lipinski definition) is 3. The highest BCUT2D eigenvalue weighted by Crippen LogP contribution is 2.15. The van der Waals surface area contributed by atoms with Gasteiger partial charge in [-0.3, -0.25) is 0 Å². The number of hydrogen-bond donors (Lipinski definition) is 1. The third-order valence-electron chi connectivity index (χ3n) is 2.52. The molecule has 0 bridgehead atoms. The molecule has 0 radical (unpaired) electrons. The molecule has 1 aromatic carbocycles. The monoisotopic (exact) mass is 204 g/mol. The fraction of sp³-hybridized carbons (Fsp3) is 0.417. The zero-order chi connectivity index (χ0) is 10.7. The molecule has 1 unspecified atom stereocenters. The molecule has 0 aliphatic heterocycles. The van der Waals surface area contributed by atoms with E-state index in [0.717, 1.165) is 30.4 Å². The minimum Gasteiger partial charge on any atom is -0.443 e. The zero-order valence-corrected chi connectivity index (χ0v) is 8.94. The average molecular weight is 204 g/mol. The van der Waals surface area contributed by atoms with E-state index in [1.54, 1.807) is 0 Å². The molecule has 2 N–H and O–H groups in total. The van der Waals surface area contributed by atoms with E-state index in [4.69, 9.17) is 10.2 Å². The number of oxazole rings is 1. The standard InChI is InChI=1S/C12H16N2O/c1-9(13)3-2-4-10-5-6-11-12(7-10)15-8-14-11/h5-9H,2-4,13H2,1H3. The quantitative estimate of drug-likeness (QED) is 0.832. The van der Waals surface area contributed by atoms with Gasteiger partial charge >= 0.3 is 0 Å². The Morgan fingerprint density at radius 3 is 3.13 bits per heavy atom. The van der Waals surface area contributed by atoms with Crippen molar-refractivity contribution >= 4 is 11.1 Å². The van der Waals surface area contributed by atoms with Crippen molar-refractivity contribution in [3.8, 4) is 0 Å². The average Bonchev–Trinajstić information content (AvgIpc) is 2.64. The molecule has 0 saturated heterocycles. The third-order valence-corrected chi connectivity index (χ3v) is 2.52. The van der Waals surface area contributed by atoms with Crippen molar-refractivity contribution in [2.45, 2.75) is 32.2 Å². The number of aryl methyl sites for hydroxylation is 1. The third kappa shape index (κ3) is 2.57. The second-order valence-electron chi connectivity index (χ2n) is 4.02. The summed E-state index contributed by atoms with van der Waals surface area (Å²) in [5.41, 5.74) is 8.78. The lowest BCUT2D eigenvalue weighted by molar-refractivity contribution is 0.600. The summed E-state index contributed by atoms with van der Waals surface area (Å²) < 4.78 is 5.25. The Labute approximate surface area is 89.3 Å². The number of fused-ring (bicyclic) bond motifs is 1. The van der Waals surface area contributed by atoms with Gasteiger partial charge in [0.1, 0.15) is 5.52 Å². The summed E-state index contributed by atoms with van der Waals surface area (Å²) in [5.74, 6) is 0. The van der Waals surface area contributed by atoms with Crippen LogP contribution in [0.15, 0.2) is 29.0 Å². The van der Waals surface area contributed by atoms with Gasteiger partial charge in [0, 0.05) is 6.04 Å². The number of benzene rings is 1. The summed E-state index contributed by atoms with van der Waals surface area (Å²) in [6.07, 6.45) is 4.72. The van der Waals surface area contributed by atoms with E-state index in [9.17, 15) is 0 Å². The van der Waals surface area contributed by atoms with Gasteiger partial charge in [0.25, 0.3) is 0 Å². The van der Waals surface area contributed by atoms with Crippen molar-refractivity contribution < 1.29 is 4.42 Å². The molecule has 3 heteroatoms. The van der Waals surface area contributed by atoms with Crippen LogP contribution >= 0.6 is 0 Å². The van der Waals surface area contributed by atoms with Gasteiger partial charge in [-0.1, -0.05) is 6.07 Å². The smallest absolute Gasteiger partial charge is 0.181 e. The van der Waals surface area contributed by atoms with Crippen molar-refractivity contribution in [3.05, 3.63) is 30.2 Å². The molecule has 0 fully saturated rings. The van der Waals surface area contributed by atoms with Gasteiger partial charge in [-0.25, -0.2) is 4.98 Å². The molecular weight excluding hydrogens is 188 g/mol. The normalized spacial score (nSPS) is 13.2. The first kappa shape index (κ1) is 10.2. The fourth-order valence-corrected chi connectivity index (χ4v) is 1.68. The molecule has 0 saturated carbocycles. The van der Waals surface area contributed by atoms with Crippen molar-refractivity contribution in [2.24, 2.45) is 5.73 Å². The molecule has 80 valence electrons. The van der Waals surface area contributed by atoms with Gasteiger partial charge < -0.3 is 10.2 Å². The van der Waals surface area contributed by atoms with Crippen LogP contribution in [0.25, 0.3) is 11.1 Å². The second-order valence-corrected chi connectivity index (χ2v) is 4.02. The summed E-state index contributed by atoms with van der Waals surface area (Å²) in [4.78, 5) is 4.08. The first-order chi connectivity index (χ1) is 7.25. The number of nitrogens with two attached hydrogens (primary N) is 1. The van der Waals surface area contributed by atoms with Crippen LogP contribution in [0.5, 0.6) is 0 Å². The summed E-state index contributed by atoms with van der Waals surface area (Å²) in [6, 6.07) is 6.45. The van der Waals surface area contributed by atoms with Gasteiger partial charge in [0.05, 0.1) is 0 Å². The van der Waals surface area contributed by atoms with E-state index >= 15 is 0 Å². The first-order valence-electron chi connectivity index (χ1n) is 5.33. The van der Waals surface area contributed by atoms with Crippen LogP contribution in [-0.4, -0.2) is 11.0 Å². The van der Waals surface area contributed by atoms with E-state index in [-0.39, 0.29) is 0 Å². The van der Waals surface area contributed by atoms with E-state index in [1.807, 2.05) is 13.0 Å². The van der Waals surface area contributed by atoms with Gasteiger partial charge in [0.15, 0.2) is 12.0 Å². The molecular formula is C12H16N2O. The van der Waals surface area contributed by atoms with E-state index in [1.165, 1.54) is 12.0 Å². The largest absolute Gasteiger partial charge is 0.443 e. The fourth-order valence-electron chi connectivity index (χ4n) is 1.68. The molecule has 2 rings (SSSR count). The number of nitrogens with zero attached hydrogens (tertiary/aromatic N) is 1. The van der Waals surface area contributed by atoms with Gasteiger partial charge in [-0.15, -0.1) is 0 Å². The summed E-state index contributed by atoms with van der Waals surface area (Å²) in [5, 5.41) is 0. The molecule has 3 nitrogen and oxygen atoms in total. The molecule has 0 aliphatic carbocycles. The predicted molar refractivity (Wildman–Crippen MR) is 60.6 cm³/mol. The summed E-state index contributed by atoms with van der Waals surface area (Å²) >= 11 is 0. The Morgan fingerprint density at radius 1 is 1.47 bits per heavy atom. The predicted octanol–water partition coefficient (Wildman–Crippen LogP) is 2.50. The highest BCUT2D eigenvalue weighted by atomic mass is 16.3. The summed E-state index contributed by atoms with van der Waals surface area (Å²) in [6.45, 7) is 2.04. The van der Waals surface area contributed by atoms with Crippen LogP contribution in [0.2, 0.25) is 0 Å². The van der Waals surface area contributed by atoms with Crippen LogP contribution in [0, 0.1) is 0 Å². The van der Waals surface area contributed by atoms with Crippen molar-refractivity contribution in [1.82, 2.24) is 4.98 Å². The van der Waals surface area contributed by atoms with E-state index in [2.05, 4.69) is 17.1 Å². The van der Waals surface area contributed by atoms with Crippen LogP contribution in [0.3, 0.4) is 0 Å². The SMILES string of the molecule is CC(N)CCCc1ccc2ncoc2c1. The van der Waals surface area contributed by atoms with Crippen LogP contribution in [0.4, 0.5) is 0 Å². The molecule has 0 spiro atoms. The maximum atomic E-state index is 5.70. The van der Waals surface area contributed by atoms with Crippen molar-refractivity contribution in [1.29, 1.82) is 0 Å². The number of aromatic nitrogens is 1. The molecule has 1 aromatic heterocycles.